The molecule has 3 rings (SSSR count). The number of hydrogen-bond donors (Lipinski definition) is 0. The molecule has 6 heteroatoms. The molecule has 0 unspecified atom stereocenters. The summed E-state index contributed by atoms with van der Waals surface area (Å²) < 4.78 is 21.7. The van der Waals surface area contributed by atoms with Gasteiger partial charge in [0.1, 0.15) is 24.7 Å². The summed E-state index contributed by atoms with van der Waals surface area (Å²) in [5.41, 5.74) is 0. The van der Waals surface area contributed by atoms with E-state index in [-0.39, 0.29) is 13.2 Å². The maximum Gasteiger partial charge on any atom is 0.514 e. The summed E-state index contributed by atoms with van der Waals surface area (Å²) in [5.74, 6) is 0.689. The molecule has 0 fully saturated rings. The van der Waals surface area contributed by atoms with E-state index in [1.54, 1.807) is 36.4 Å². The van der Waals surface area contributed by atoms with Crippen LogP contribution >= 0.6 is 0 Å². The fraction of sp³-hybridized carbons (Fsp3) is 0.286. The van der Waals surface area contributed by atoms with Crippen molar-refractivity contribution in [2.75, 3.05) is 13.2 Å². The molecule has 178 valence electrons. The minimum absolute atomic E-state index is 0.133. The van der Waals surface area contributed by atoms with E-state index in [1.165, 1.54) is 0 Å². The molecule has 0 aliphatic rings. The monoisotopic (exact) mass is 462 g/mol. The molecule has 0 aliphatic carbocycles. The summed E-state index contributed by atoms with van der Waals surface area (Å²) in [6.07, 6.45) is 9.80. The van der Waals surface area contributed by atoms with Crippen LogP contribution in [0, 0.1) is 0 Å². The number of allylic oxidation sites excluding steroid dienone is 2. The smallest absolute Gasteiger partial charge is 0.430 e. The normalized spacial score (nSPS) is 11.4. The van der Waals surface area contributed by atoms with Gasteiger partial charge >= 0.3 is 12.3 Å². The second kappa shape index (κ2) is 13.0. The van der Waals surface area contributed by atoms with Crippen LogP contribution in [0.5, 0.6) is 11.5 Å². The Kier molecular flexibility index (Phi) is 9.52. The number of ether oxygens (including phenoxy) is 4. The molecule has 0 amide bonds. The highest BCUT2D eigenvalue weighted by Crippen LogP contribution is 2.42. The van der Waals surface area contributed by atoms with E-state index in [0.717, 1.165) is 25.7 Å². The topological polar surface area (TPSA) is 71.1 Å². The fourth-order valence-electron chi connectivity index (χ4n) is 3.43. The van der Waals surface area contributed by atoms with Crippen LogP contribution in [0.1, 0.15) is 39.5 Å². The van der Waals surface area contributed by atoms with Crippen LogP contribution in [0.15, 0.2) is 72.8 Å². The zero-order valence-corrected chi connectivity index (χ0v) is 19.6. The number of rotatable bonds is 10. The number of hydrogen-bond acceptors (Lipinski definition) is 6. The Morgan fingerprint density at radius 3 is 1.29 bits per heavy atom. The molecule has 6 nitrogen and oxygen atoms in total. The van der Waals surface area contributed by atoms with Gasteiger partial charge in [-0.3, -0.25) is 0 Å². The van der Waals surface area contributed by atoms with Crippen LogP contribution in [0.2, 0.25) is 0 Å². The Morgan fingerprint density at radius 1 is 0.618 bits per heavy atom. The third-order valence-corrected chi connectivity index (χ3v) is 5.04. The van der Waals surface area contributed by atoms with Crippen LogP contribution in [-0.2, 0) is 9.47 Å². The van der Waals surface area contributed by atoms with Gasteiger partial charge in [-0.05, 0) is 12.8 Å². The first-order valence-corrected chi connectivity index (χ1v) is 11.6. The fourth-order valence-corrected chi connectivity index (χ4v) is 3.43. The first-order valence-electron chi connectivity index (χ1n) is 11.6. The lowest BCUT2D eigenvalue weighted by molar-refractivity contribution is 0.109. The highest BCUT2D eigenvalue weighted by Gasteiger charge is 2.20. The van der Waals surface area contributed by atoms with Crippen LogP contribution in [-0.4, -0.2) is 25.5 Å². The van der Waals surface area contributed by atoms with E-state index >= 15 is 0 Å². The predicted octanol–water partition coefficient (Wildman–Crippen LogP) is 7.74. The van der Waals surface area contributed by atoms with Gasteiger partial charge < -0.3 is 18.9 Å². The lowest BCUT2D eigenvalue weighted by Gasteiger charge is -2.15. The van der Waals surface area contributed by atoms with Gasteiger partial charge in [0, 0.05) is 21.5 Å². The van der Waals surface area contributed by atoms with Gasteiger partial charge in [0.05, 0.1) is 0 Å². The third kappa shape index (κ3) is 6.61. The minimum atomic E-state index is -0.802. The standard InChI is InChI=1S/C28H30O6/c1-3-5-7-13-19-31-27(29)33-25-21-15-9-11-17-23(21)26(24-18-12-10-16-22(24)25)34-28(30)32-20-14-8-6-4-2/h7-18H,3-6,19-20H2,1-2H3/b13-7+,14-8+. The van der Waals surface area contributed by atoms with Gasteiger partial charge in [-0.25, -0.2) is 9.59 Å². The summed E-state index contributed by atoms with van der Waals surface area (Å²) in [6, 6.07) is 14.5. The maximum absolute atomic E-state index is 12.4. The lowest BCUT2D eigenvalue weighted by atomic mass is 10.0. The average Bonchev–Trinajstić information content (AvgIpc) is 2.85. The third-order valence-electron chi connectivity index (χ3n) is 5.04. The Labute approximate surface area is 199 Å². The molecule has 0 bridgehead atoms. The molecule has 3 aromatic rings. The van der Waals surface area contributed by atoms with Gasteiger partial charge in [-0.15, -0.1) is 0 Å². The predicted molar refractivity (Wildman–Crippen MR) is 134 cm³/mol. The van der Waals surface area contributed by atoms with Crippen molar-refractivity contribution in [1.29, 1.82) is 0 Å². The number of benzene rings is 3. The van der Waals surface area contributed by atoms with Crippen molar-refractivity contribution in [3.8, 4) is 11.5 Å². The molecular formula is C28H30O6. The van der Waals surface area contributed by atoms with Gasteiger partial charge in [-0.1, -0.05) is 99.5 Å². The van der Waals surface area contributed by atoms with E-state index in [2.05, 4.69) is 13.8 Å². The van der Waals surface area contributed by atoms with Gasteiger partial charge in [-0.2, -0.15) is 0 Å². The summed E-state index contributed by atoms with van der Waals surface area (Å²) in [4.78, 5) is 24.8. The van der Waals surface area contributed by atoms with E-state index in [0.29, 0.717) is 33.0 Å². The number of fused-ring (bicyclic) bond motifs is 2. The van der Waals surface area contributed by atoms with E-state index in [1.807, 2.05) is 36.4 Å². The summed E-state index contributed by atoms with van der Waals surface area (Å²) >= 11 is 0. The van der Waals surface area contributed by atoms with Crippen molar-refractivity contribution in [3.63, 3.8) is 0 Å². The summed E-state index contributed by atoms with van der Waals surface area (Å²) in [7, 11) is 0. The molecule has 3 aromatic carbocycles. The van der Waals surface area contributed by atoms with Gasteiger partial charge in [0.25, 0.3) is 0 Å². The first-order chi connectivity index (χ1) is 16.7. The Morgan fingerprint density at radius 2 is 0.971 bits per heavy atom. The molecule has 0 saturated heterocycles. The van der Waals surface area contributed by atoms with Crippen molar-refractivity contribution in [3.05, 3.63) is 72.8 Å². The molecule has 0 aromatic heterocycles. The molecule has 0 aliphatic heterocycles. The number of unbranched alkanes of at least 4 members (excludes halogenated alkanes) is 2. The Balaban J connectivity index is 1.89. The zero-order chi connectivity index (χ0) is 24.2. The maximum atomic E-state index is 12.4. The Bertz CT molecular complexity index is 1030. The van der Waals surface area contributed by atoms with Crippen LogP contribution in [0.25, 0.3) is 21.5 Å². The highest BCUT2D eigenvalue weighted by molar-refractivity contribution is 6.12. The minimum Gasteiger partial charge on any atom is -0.430 e. The molecular weight excluding hydrogens is 432 g/mol. The molecule has 0 radical (unpaired) electrons. The summed E-state index contributed by atoms with van der Waals surface area (Å²) in [5, 5.41) is 2.46. The lowest BCUT2D eigenvalue weighted by Crippen LogP contribution is -2.13. The molecule has 0 saturated carbocycles. The number of carbonyl (C=O) groups excluding carboxylic acids is 2. The molecule has 0 spiro atoms. The molecule has 0 heterocycles. The molecule has 34 heavy (non-hydrogen) atoms. The van der Waals surface area contributed by atoms with Crippen molar-refractivity contribution in [2.45, 2.75) is 39.5 Å². The first kappa shape index (κ1) is 24.8. The summed E-state index contributed by atoms with van der Waals surface area (Å²) in [6.45, 7) is 4.42. The van der Waals surface area contributed by atoms with E-state index in [4.69, 9.17) is 18.9 Å². The number of carbonyl (C=O) groups is 2. The van der Waals surface area contributed by atoms with E-state index < -0.39 is 12.3 Å². The SMILES string of the molecule is CCC/C=C/COC(=O)Oc1c2ccccc2c(OC(=O)OC/C=C/CCC)c2ccccc12. The molecule has 0 atom stereocenters. The average molecular weight is 463 g/mol. The van der Waals surface area contributed by atoms with E-state index in [9.17, 15) is 9.59 Å². The van der Waals surface area contributed by atoms with Crippen molar-refractivity contribution in [2.24, 2.45) is 0 Å². The van der Waals surface area contributed by atoms with Gasteiger partial charge in [0.15, 0.2) is 0 Å². The van der Waals surface area contributed by atoms with Crippen LogP contribution < -0.4 is 9.47 Å². The Hall–Kier alpha value is -3.80. The quantitative estimate of drug-likeness (QED) is 0.133. The highest BCUT2D eigenvalue weighted by atomic mass is 16.7. The largest absolute Gasteiger partial charge is 0.514 e. The molecule has 0 N–H and O–H groups in total. The second-order valence-corrected chi connectivity index (χ2v) is 7.60. The van der Waals surface area contributed by atoms with Gasteiger partial charge in [0.2, 0.25) is 0 Å². The van der Waals surface area contributed by atoms with Crippen molar-refractivity contribution in [1.82, 2.24) is 0 Å². The van der Waals surface area contributed by atoms with Crippen LogP contribution in [0.4, 0.5) is 9.59 Å². The van der Waals surface area contributed by atoms with Crippen molar-refractivity contribution >= 4 is 33.9 Å². The second-order valence-electron chi connectivity index (χ2n) is 7.60. The van der Waals surface area contributed by atoms with Crippen molar-refractivity contribution < 1.29 is 28.5 Å². The van der Waals surface area contributed by atoms with Crippen LogP contribution in [0.3, 0.4) is 0 Å². The zero-order valence-electron chi connectivity index (χ0n) is 19.6.